The molecule has 0 spiro atoms. The summed E-state index contributed by atoms with van der Waals surface area (Å²) < 4.78 is 17.8. The van der Waals surface area contributed by atoms with Crippen LogP contribution < -0.4 is 31.4 Å². The van der Waals surface area contributed by atoms with Crippen LogP contribution in [0.5, 0.6) is 11.5 Å². The summed E-state index contributed by atoms with van der Waals surface area (Å²) >= 11 is 0. The lowest BCUT2D eigenvalue weighted by Crippen LogP contribution is -2.38. The molecule has 0 saturated heterocycles. The first-order valence-corrected chi connectivity index (χ1v) is 22.9. The first-order chi connectivity index (χ1) is 33.5. The summed E-state index contributed by atoms with van der Waals surface area (Å²) in [6.45, 7) is 5.10. The van der Waals surface area contributed by atoms with Crippen LogP contribution in [0.2, 0.25) is 0 Å². The Morgan fingerprint density at radius 3 is 1.77 bits per heavy atom. The Morgan fingerprint density at radius 2 is 1.19 bits per heavy atom. The fourth-order valence-electron chi connectivity index (χ4n) is 7.61. The number of hydrogen-bond donors (Lipinski definition) is 4. The molecule has 10 nitrogen and oxygen atoms in total. The van der Waals surface area contributed by atoms with Crippen LogP contribution in [0.15, 0.2) is 199 Å². The number of anilines is 2. The topological polar surface area (TPSA) is 145 Å². The molecule has 0 unspecified atom stereocenters. The van der Waals surface area contributed by atoms with Crippen molar-refractivity contribution in [2.75, 3.05) is 25.0 Å². The number of ether oxygens (including phenoxy) is 3. The van der Waals surface area contributed by atoms with Gasteiger partial charge in [0.2, 0.25) is 5.56 Å². The first kappa shape index (κ1) is 47.2. The van der Waals surface area contributed by atoms with Crippen LogP contribution in [0.1, 0.15) is 42.2 Å². The molecule has 8 aromatic rings. The molecule has 1 atom stereocenters. The van der Waals surface area contributed by atoms with E-state index >= 15 is 0 Å². The van der Waals surface area contributed by atoms with E-state index in [0.29, 0.717) is 36.0 Å². The number of fused-ring (bicyclic) bond motifs is 1. The van der Waals surface area contributed by atoms with Crippen LogP contribution in [0.4, 0.5) is 11.4 Å². The minimum atomic E-state index is -0.787. The molecule has 0 bridgehead atoms. The molecule has 7 aromatic carbocycles. The summed E-state index contributed by atoms with van der Waals surface area (Å²) in [4.78, 5) is 42.4. The van der Waals surface area contributed by atoms with E-state index in [4.69, 9.17) is 19.9 Å². The van der Waals surface area contributed by atoms with Crippen LogP contribution in [-0.4, -0.2) is 42.2 Å². The van der Waals surface area contributed by atoms with Gasteiger partial charge < -0.3 is 35.6 Å². The number of rotatable bonds is 19. The molecule has 0 aliphatic carbocycles. The lowest BCUT2D eigenvalue weighted by atomic mass is 10.0. The van der Waals surface area contributed by atoms with Crippen LogP contribution in [-0.2, 0) is 20.7 Å². The minimum absolute atomic E-state index is 0.160. The maximum absolute atomic E-state index is 13.6. The molecule has 8 rings (SSSR count). The third-order valence-electron chi connectivity index (χ3n) is 11.2. The van der Waals surface area contributed by atoms with Crippen molar-refractivity contribution in [3.63, 3.8) is 0 Å². The Balaban J connectivity index is 0.950. The summed E-state index contributed by atoms with van der Waals surface area (Å²) in [5.41, 5.74) is 15.2. The average molecular weight is 915 g/mol. The molecule has 10 heteroatoms. The highest BCUT2D eigenvalue weighted by atomic mass is 16.5. The number of nitrogens with two attached hydrogens (primary N) is 1. The standard InChI is InChI=1S/C59H54N4O6/c1-59(2,60)40-67-50-29-27-49(28-30-50)62-48-25-17-43(18-26-48)37-38-61-39-54(69-57(66)36-20-42-15-23-47(24-16-42)45-11-7-4-8-12-45)51-31-33-53(58-52(51)32-34-55(64)63-58)68-56(65)35-19-41-13-21-46(22-14-41)44-9-5-3-6-10-44/h3-36,54,61-62H,37-40,60H2,1-2H3,(H,63,64)/t54-/m0/s1. The van der Waals surface area contributed by atoms with E-state index in [-0.39, 0.29) is 17.9 Å². The van der Waals surface area contributed by atoms with Crippen molar-refractivity contribution in [2.24, 2.45) is 5.73 Å². The number of pyridine rings is 1. The molecule has 0 fully saturated rings. The van der Waals surface area contributed by atoms with Crippen molar-refractivity contribution in [1.29, 1.82) is 0 Å². The van der Waals surface area contributed by atoms with E-state index in [9.17, 15) is 14.4 Å². The van der Waals surface area contributed by atoms with Crippen molar-refractivity contribution < 1.29 is 23.8 Å². The molecular weight excluding hydrogens is 861 g/mol. The number of carbonyl (C=O) groups excluding carboxylic acids is 2. The summed E-state index contributed by atoms with van der Waals surface area (Å²) in [5, 5.41) is 7.47. The van der Waals surface area contributed by atoms with Gasteiger partial charge in [-0.3, -0.25) is 4.79 Å². The first-order valence-electron chi connectivity index (χ1n) is 22.9. The second-order valence-electron chi connectivity index (χ2n) is 17.3. The van der Waals surface area contributed by atoms with E-state index in [2.05, 4.69) is 27.8 Å². The lowest BCUT2D eigenvalue weighted by Gasteiger charge is -2.21. The zero-order valence-electron chi connectivity index (χ0n) is 38.6. The molecule has 1 heterocycles. The average Bonchev–Trinajstić information content (AvgIpc) is 3.37. The van der Waals surface area contributed by atoms with Gasteiger partial charge in [0, 0.05) is 52.6 Å². The maximum atomic E-state index is 13.6. The SMILES string of the molecule is CC(C)(N)COc1ccc(Nc2ccc(CCNC[C@H](OC(=O)C=Cc3ccc(-c4ccccc4)cc3)c3ccc(OC(=O)C=Cc4ccc(-c5ccccc5)cc4)c4[nH]c(=O)ccc34)cc2)cc1. The van der Waals surface area contributed by atoms with Gasteiger partial charge in [-0.05, 0) is 126 Å². The van der Waals surface area contributed by atoms with E-state index < -0.39 is 23.6 Å². The highest BCUT2D eigenvalue weighted by Gasteiger charge is 2.21. The van der Waals surface area contributed by atoms with E-state index in [0.717, 1.165) is 56.1 Å². The van der Waals surface area contributed by atoms with Crippen LogP contribution in [0.3, 0.4) is 0 Å². The fourth-order valence-corrected chi connectivity index (χ4v) is 7.61. The number of esters is 2. The molecule has 0 amide bonds. The van der Waals surface area contributed by atoms with Crippen molar-refractivity contribution in [2.45, 2.75) is 31.9 Å². The Morgan fingerprint density at radius 1 is 0.638 bits per heavy atom. The van der Waals surface area contributed by atoms with Crippen molar-refractivity contribution in [3.8, 4) is 33.8 Å². The van der Waals surface area contributed by atoms with E-state index in [1.807, 2.05) is 159 Å². The quantitative estimate of drug-likeness (QED) is 0.0270. The van der Waals surface area contributed by atoms with E-state index in [1.54, 1.807) is 30.4 Å². The van der Waals surface area contributed by atoms with Gasteiger partial charge in [-0.25, -0.2) is 9.59 Å². The van der Waals surface area contributed by atoms with Gasteiger partial charge in [0.15, 0.2) is 5.75 Å². The smallest absolute Gasteiger partial charge is 0.336 e. The van der Waals surface area contributed by atoms with Crippen molar-refractivity contribution >= 4 is 46.4 Å². The van der Waals surface area contributed by atoms with Crippen LogP contribution >= 0.6 is 0 Å². The second-order valence-corrected chi connectivity index (χ2v) is 17.3. The number of benzene rings is 7. The molecule has 0 aliphatic rings. The Hall–Kier alpha value is -8.31. The van der Waals surface area contributed by atoms with Crippen molar-refractivity contribution in [3.05, 3.63) is 227 Å². The largest absolute Gasteiger partial charge is 0.492 e. The van der Waals surface area contributed by atoms with Gasteiger partial charge >= 0.3 is 11.9 Å². The minimum Gasteiger partial charge on any atom is -0.492 e. The molecular formula is C59H54N4O6. The summed E-state index contributed by atoms with van der Waals surface area (Å²) in [6.07, 6.45) is 6.07. The van der Waals surface area contributed by atoms with Gasteiger partial charge in [-0.2, -0.15) is 0 Å². The number of H-pyrrole nitrogens is 1. The van der Waals surface area contributed by atoms with E-state index in [1.165, 1.54) is 18.2 Å². The van der Waals surface area contributed by atoms with Gasteiger partial charge in [-0.1, -0.05) is 127 Å². The predicted molar refractivity (Wildman–Crippen MR) is 277 cm³/mol. The highest BCUT2D eigenvalue weighted by Crippen LogP contribution is 2.32. The van der Waals surface area contributed by atoms with Crippen LogP contribution in [0, 0.1) is 0 Å². The number of hydrogen-bond acceptors (Lipinski definition) is 9. The summed E-state index contributed by atoms with van der Waals surface area (Å²) in [5.74, 6) is -0.253. The fraction of sp³-hybridized carbons (Fsp3) is 0.136. The summed E-state index contributed by atoms with van der Waals surface area (Å²) in [6, 6.07) is 58.3. The number of aromatic nitrogens is 1. The third-order valence-corrected chi connectivity index (χ3v) is 11.2. The zero-order valence-corrected chi connectivity index (χ0v) is 38.6. The van der Waals surface area contributed by atoms with Gasteiger partial charge in [0.05, 0.1) is 5.52 Å². The second kappa shape index (κ2) is 22.5. The van der Waals surface area contributed by atoms with Gasteiger partial charge in [-0.15, -0.1) is 0 Å². The Labute approximate surface area is 402 Å². The highest BCUT2D eigenvalue weighted by molar-refractivity contribution is 5.94. The van der Waals surface area contributed by atoms with Gasteiger partial charge in [0.25, 0.3) is 0 Å². The molecule has 346 valence electrons. The normalized spacial score (nSPS) is 12.0. The molecule has 5 N–H and O–H groups in total. The molecule has 69 heavy (non-hydrogen) atoms. The predicted octanol–water partition coefficient (Wildman–Crippen LogP) is 11.5. The molecule has 0 saturated carbocycles. The monoisotopic (exact) mass is 914 g/mol. The molecule has 0 aliphatic heterocycles. The van der Waals surface area contributed by atoms with Crippen LogP contribution in [0.25, 0.3) is 45.3 Å². The summed E-state index contributed by atoms with van der Waals surface area (Å²) in [7, 11) is 0. The Kier molecular flexibility index (Phi) is 15.4. The molecule has 1 aromatic heterocycles. The lowest BCUT2D eigenvalue weighted by molar-refractivity contribution is -0.143. The third kappa shape index (κ3) is 13.6. The Bertz CT molecular complexity index is 3090. The number of aromatic amines is 1. The van der Waals surface area contributed by atoms with Crippen molar-refractivity contribution in [1.82, 2.24) is 10.3 Å². The van der Waals surface area contributed by atoms with Gasteiger partial charge in [0.1, 0.15) is 18.5 Å². The number of carbonyl (C=O) groups is 2. The zero-order chi connectivity index (χ0) is 48.0. The maximum Gasteiger partial charge on any atom is 0.336 e. The molecule has 0 radical (unpaired) electrons. The number of nitrogens with one attached hydrogen (secondary N) is 3.